The van der Waals surface area contributed by atoms with Crippen LogP contribution in [0.5, 0.6) is 0 Å². The third kappa shape index (κ3) is 2.68. The molecular formula is C4H6Cl2F2. The zero-order valence-electron chi connectivity index (χ0n) is 4.08. The molecule has 0 amide bonds. The van der Waals surface area contributed by atoms with Gasteiger partial charge in [-0.05, 0) is 0 Å². The summed E-state index contributed by atoms with van der Waals surface area (Å²) in [5, 5.41) is 0. The molecule has 0 aliphatic carbocycles. The lowest BCUT2D eigenvalue weighted by molar-refractivity contribution is 0.204. The maximum atomic E-state index is 11.9. The van der Waals surface area contributed by atoms with Crippen LogP contribution >= 0.6 is 23.2 Å². The average Bonchev–Trinajstić information content (AvgIpc) is 1.84. The molecule has 0 aromatic rings. The van der Waals surface area contributed by atoms with Crippen molar-refractivity contribution in [2.75, 3.05) is 11.8 Å². The Hall–Kier alpha value is 0.440. The van der Waals surface area contributed by atoms with E-state index in [9.17, 15) is 8.78 Å². The van der Waals surface area contributed by atoms with Crippen molar-refractivity contribution in [2.45, 2.75) is 12.3 Å². The molecule has 0 aliphatic heterocycles. The summed E-state index contributed by atoms with van der Waals surface area (Å²) in [6.45, 7) is 0. The van der Waals surface area contributed by atoms with Crippen LogP contribution in [0, 0.1) is 0 Å². The normalized spacial score (nSPS) is 18.0. The van der Waals surface area contributed by atoms with E-state index in [1.807, 2.05) is 0 Å². The van der Waals surface area contributed by atoms with Gasteiger partial charge in [0.25, 0.3) is 0 Å². The highest BCUT2D eigenvalue weighted by atomic mass is 35.5. The Kier molecular flexibility index (Phi) is 4.57. The van der Waals surface area contributed by atoms with E-state index in [-0.39, 0.29) is 11.8 Å². The second-order valence-corrected chi connectivity index (χ2v) is 1.96. The number of rotatable bonds is 3. The first kappa shape index (κ1) is 8.44. The van der Waals surface area contributed by atoms with Crippen LogP contribution in [0.1, 0.15) is 0 Å². The third-order valence-electron chi connectivity index (χ3n) is 0.687. The summed E-state index contributed by atoms with van der Waals surface area (Å²) >= 11 is 9.90. The van der Waals surface area contributed by atoms with Crippen LogP contribution < -0.4 is 0 Å². The van der Waals surface area contributed by atoms with E-state index in [0.29, 0.717) is 0 Å². The van der Waals surface area contributed by atoms with Crippen molar-refractivity contribution >= 4 is 23.2 Å². The molecule has 0 rings (SSSR count). The maximum absolute atomic E-state index is 11.9. The molecule has 8 heavy (non-hydrogen) atoms. The second-order valence-electron chi connectivity index (χ2n) is 1.34. The summed E-state index contributed by atoms with van der Waals surface area (Å²) < 4.78 is 23.9. The fraction of sp³-hybridized carbons (Fsp3) is 1.00. The van der Waals surface area contributed by atoms with Crippen molar-refractivity contribution in [1.82, 2.24) is 0 Å². The van der Waals surface area contributed by atoms with Crippen molar-refractivity contribution in [1.29, 1.82) is 0 Å². The van der Waals surface area contributed by atoms with Crippen LogP contribution in [-0.4, -0.2) is 24.1 Å². The summed E-state index contributed by atoms with van der Waals surface area (Å²) in [6, 6.07) is 0. The van der Waals surface area contributed by atoms with Gasteiger partial charge in [0.2, 0.25) is 0 Å². The fourth-order valence-corrected chi connectivity index (χ4v) is 0.580. The fourth-order valence-electron chi connectivity index (χ4n) is 0.193. The van der Waals surface area contributed by atoms with Gasteiger partial charge in [-0.1, -0.05) is 0 Å². The largest absolute Gasteiger partial charge is 0.243 e. The molecule has 4 heteroatoms. The van der Waals surface area contributed by atoms with E-state index in [0.717, 1.165) is 0 Å². The van der Waals surface area contributed by atoms with Crippen LogP contribution in [0.15, 0.2) is 0 Å². The van der Waals surface area contributed by atoms with Gasteiger partial charge in [0, 0.05) is 0 Å². The van der Waals surface area contributed by atoms with E-state index in [1.54, 1.807) is 0 Å². The van der Waals surface area contributed by atoms with Gasteiger partial charge < -0.3 is 0 Å². The third-order valence-corrected chi connectivity index (χ3v) is 1.28. The van der Waals surface area contributed by atoms with Crippen LogP contribution in [0.3, 0.4) is 0 Å². The first-order chi connectivity index (χ1) is 3.72. The van der Waals surface area contributed by atoms with E-state index in [1.165, 1.54) is 0 Å². The molecule has 0 N–H and O–H groups in total. The maximum Gasteiger partial charge on any atom is 0.146 e. The number of hydrogen-bond donors (Lipinski definition) is 0. The van der Waals surface area contributed by atoms with E-state index in [4.69, 9.17) is 23.2 Å². The summed E-state index contributed by atoms with van der Waals surface area (Å²) in [5.74, 6) is -0.651. The molecule has 50 valence electrons. The van der Waals surface area contributed by atoms with Crippen molar-refractivity contribution in [3.05, 3.63) is 0 Å². The highest BCUT2D eigenvalue weighted by Crippen LogP contribution is 2.06. The SMILES string of the molecule is FC(CCl)C(F)CCl. The number of alkyl halides is 4. The Balaban J connectivity index is 3.29. The predicted octanol–water partition coefficient (Wildman–Crippen LogP) is 2.14. The Bertz CT molecular complexity index is 52.0. The van der Waals surface area contributed by atoms with Crippen LogP contribution in [0.2, 0.25) is 0 Å². The number of hydrogen-bond acceptors (Lipinski definition) is 0. The average molecular weight is 163 g/mol. The number of halogens is 4. The zero-order valence-corrected chi connectivity index (χ0v) is 5.59. The highest BCUT2D eigenvalue weighted by molar-refractivity contribution is 6.19. The summed E-state index contributed by atoms with van der Waals surface area (Å²) in [6.07, 6.45) is -3.23. The molecule has 2 unspecified atom stereocenters. The van der Waals surface area contributed by atoms with Crippen LogP contribution in [0.4, 0.5) is 8.78 Å². The molecule has 0 aliphatic rings. The van der Waals surface area contributed by atoms with Crippen molar-refractivity contribution in [3.8, 4) is 0 Å². The molecule has 0 aromatic carbocycles. The molecule has 0 fully saturated rings. The molecule has 0 radical (unpaired) electrons. The first-order valence-electron chi connectivity index (χ1n) is 2.12. The first-order valence-corrected chi connectivity index (χ1v) is 3.19. The minimum Gasteiger partial charge on any atom is -0.243 e. The highest BCUT2D eigenvalue weighted by Gasteiger charge is 2.16. The Labute approximate surface area is 56.8 Å². The quantitative estimate of drug-likeness (QED) is 0.559. The van der Waals surface area contributed by atoms with Gasteiger partial charge in [0.1, 0.15) is 12.3 Å². The molecule has 0 saturated heterocycles. The topological polar surface area (TPSA) is 0 Å². The molecule has 0 nitrogen and oxygen atoms in total. The molecule has 0 bridgehead atoms. The van der Waals surface area contributed by atoms with Gasteiger partial charge in [0.05, 0.1) is 11.8 Å². The summed E-state index contributed by atoms with van der Waals surface area (Å²) in [7, 11) is 0. The van der Waals surface area contributed by atoms with Crippen LogP contribution in [-0.2, 0) is 0 Å². The van der Waals surface area contributed by atoms with Gasteiger partial charge in [-0.15, -0.1) is 23.2 Å². The molecule has 0 heterocycles. The summed E-state index contributed by atoms with van der Waals surface area (Å²) in [5.41, 5.74) is 0. The molecular weight excluding hydrogens is 157 g/mol. The van der Waals surface area contributed by atoms with Gasteiger partial charge in [0.15, 0.2) is 0 Å². The standard InChI is InChI=1S/C4H6Cl2F2/c5-1-3(7)4(8)2-6/h3-4H,1-2H2. The van der Waals surface area contributed by atoms with E-state index >= 15 is 0 Å². The van der Waals surface area contributed by atoms with E-state index in [2.05, 4.69) is 0 Å². The van der Waals surface area contributed by atoms with Crippen molar-refractivity contribution in [3.63, 3.8) is 0 Å². The second kappa shape index (κ2) is 4.33. The molecule has 0 aromatic heterocycles. The van der Waals surface area contributed by atoms with E-state index < -0.39 is 12.3 Å². The lowest BCUT2D eigenvalue weighted by Crippen LogP contribution is -2.19. The van der Waals surface area contributed by atoms with Gasteiger partial charge >= 0.3 is 0 Å². The Morgan fingerprint density at radius 1 is 1.00 bits per heavy atom. The van der Waals surface area contributed by atoms with Crippen molar-refractivity contribution in [2.24, 2.45) is 0 Å². The summed E-state index contributed by atoms with van der Waals surface area (Å²) in [4.78, 5) is 0. The lowest BCUT2D eigenvalue weighted by Gasteiger charge is -2.04. The minimum atomic E-state index is -1.62. The van der Waals surface area contributed by atoms with Crippen molar-refractivity contribution < 1.29 is 8.78 Å². The molecule has 0 spiro atoms. The molecule has 0 saturated carbocycles. The Morgan fingerprint density at radius 2 is 1.25 bits per heavy atom. The van der Waals surface area contributed by atoms with Gasteiger partial charge in [-0.3, -0.25) is 0 Å². The Morgan fingerprint density at radius 3 is 1.38 bits per heavy atom. The smallest absolute Gasteiger partial charge is 0.146 e. The predicted molar refractivity (Wildman–Crippen MR) is 31.2 cm³/mol. The minimum absolute atomic E-state index is 0.326. The van der Waals surface area contributed by atoms with Crippen LogP contribution in [0.25, 0.3) is 0 Å². The lowest BCUT2D eigenvalue weighted by atomic mass is 10.3. The van der Waals surface area contributed by atoms with Gasteiger partial charge in [-0.2, -0.15) is 0 Å². The monoisotopic (exact) mass is 162 g/mol. The molecule has 2 atom stereocenters. The zero-order chi connectivity index (χ0) is 6.57. The van der Waals surface area contributed by atoms with Gasteiger partial charge in [-0.25, -0.2) is 8.78 Å².